The fourth-order valence-corrected chi connectivity index (χ4v) is 3.96. The number of hydrogen-bond acceptors (Lipinski definition) is 3. The Bertz CT molecular complexity index is 574. The summed E-state index contributed by atoms with van der Waals surface area (Å²) in [5, 5.41) is 0.662. The third-order valence-electron chi connectivity index (χ3n) is 2.50. The van der Waals surface area contributed by atoms with Crippen LogP contribution in [-0.4, -0.2) is 6.04 Å². The van der Waals surface area contributed by atoms with Crippen LogP contribution in [0.25, 0.3) is 0 Å². The van der Waals surface area contributed by atoms with Gasteiger partial charge < -0.3 is 10.5 Å². The molecule has 0 aliphatic carbocycles. The fourth-order valence-electron chi connectivity index (χ4n) is 1.61. The topological polar surface area (TPSA) is 35.2 Å². The van der Waals surface area contributed by atoms with Crippen LogP contribution in [0.1, 0.15) is 17.9 Å². The average molecular weight is 426 g/mol. The third kappa shape index (κ3) is 3.95. The molecular weight excluding hydrogens is 413 g/mol. The van der Waals surface area contributed by atoms with Crippen molar-refractivity contribution in [3.05, 3.63) is 48.5 Å². The van der Waals surface area contributed by atoms with E-state index in [1.807, 2.05) is 25.1 Å². The number of thiophene rings is 1. The first-order valence-corrected chi connectivity index (χ1v) is 8.38. The Balaban J connectivity index is 2.26. The van der Waals surface area contributed by atoms with Gasteiger partial charge in [-0.3, -0.25) is 0 Å². The van der Waals surface area contributed by atoms with Gasteiger partial charge in [0.1, 0.15) is 11.9 Å². The molecule has 6 heteroatoms. The SMILES string of the molecule is CC(N)C(Oc1ccc(Cl)cc1Br)c1ccc(Br)s1. The highest BCUT2D eigenvalue weighted by Gasteiger charge is 2.21. The van der Waals surface area contributed by atoms with Crippen molar-refractivity contribution in [1.29, 1.82) is 0 Å². The van der Waals surface area contributed by atoms with Gasteiger partial charge in [-0.15, -0.1) is 11.3 Å². The molecule has 0 saturated heterocycles. The highest BCUT2D eigenvalue weighted by Crippen LogP contribution is 2.35. The molecule has 0 aliphatic heterocycles. The Labute approximate surface area is 138 Å². The summed E-state index contributed by atoms with van der Waals surface area (Å²) in [6.45, 7) is 1.93. The number of nitrogens with two attached hydrogens (primary N) is 1. The van der Waals surface area contributed by atoms with Gasteiger partial charge in [0.15, 0.2) is 0 Å². The number of halogens is 3. The lowest BCUT2D eigenvalue weighted by Gasteiger charge is -2.22. The number of ether oxygens (including phenoxy) is 1. The molecule has 2 rings (SSSR count). The van der Waals surface area contributed by atoms with Crippen molar-refractivity contribution in [3.63, 3.8) is 0 Å². The lowest BCUT2D eigenvalue weighted by Crippen LogP contribution is -2.28. The van der Waals surface area contributed by atoms with E-state index in [1.165, 1.54) is 0 Å². The largest absolute Gasteiger partial charge is 0.482 e. The molecule has 0 spiro atoms. The van der Waals surface area contributed by atoms with Gasteiger partial charge in [-0.25, -0.2) is 0 Å². The lowest BCUT2D eigenvalue weighted by molar-refractivity contribution is 0.183. The van der Waals surface area contributed by atoms with E-state index in [0.717, 1.165) is 18.9 Å². The molecule has 102 valence electrons. The molecule has 2 unspecified atom stereocenters. The minimum atomic E-state index is -0.186. The predicted octanol–water partition coefficient (Wildman–Crippen LogP) is 5.39. The normalized spacial score (nSPS) is 14.2. The molecular formula is C13H12Br2ClNOS. The number of rotatable bonds is 4. The third-order valence-corrected chi connectivity index (χ3v) is 5.04. The van der Waals surface area contributed by atoms with Crippen LogP contribution in [-0.2, 0) is 0 Å². The maximum atomic E-state index is 6.03. The van der Waals surface area contributed by atoms with Gasteiger partial charge in [-0.05, 0) is 69.1 Å². The maximum absolute atomic E-state index is 6.03. The van der Waals surface area contributed by atoms with Crippen molar-refractivity contribution in [2.45, 2.75) is 19.1 Å². The highest BCUT2D eigenvalue weighted by molar-refractivity contribution is 9.11. The van der Waals surface area contributed by atoms with Crippen LogP contribution >= 0.6 is 54.8 Å². The van der Waals surface area contributed by atoms with Crippen molar-refractivity contribution >= 4 is 54.8 Å². The molecule has 0 fully saturated rings. The summed E-state index contributed by atoms with van der Waals surface area (Å²) in [6.07, 6.45) is -0.186. The maximum Gasteiger partial charge on any atom is 0.148 e. The summed E-state index contributed by atoms with van der Waals surface area (Å²) < 4.78 is 7.90. The first-order valence-electron chi connectivity index (χ1n) is 5.60. The number of hydrogen-bond donors (Lipinski definition) is 1. The second-order valence-electron chi connectivity index (χ2n) is 4.11. The molecule has 0 aliphatic rings. The molecule has 2 N–H and O–H groups in total. The monoisotopic (exact) mass is 423 g/mol. The second-order valence-corrected chi connectivity index (χ2v) is 7.90. The van der Waals surface area contributed by atoms with Crippen molar-refractivity contribution in [2.75, 3.05) is 0 Å². The average Bonchev–Trinajstić information content (AvgIpc) is 2.74. The Hall–Kier alpha value is -0.0700. The van der Waals surface area contributed by atoms with E-state index in [-0.39, 0.29) is 12.1 Å². The zero-order valence-electron chi connectivity index (χ0n) is 10.1. The van der Waals surface area contributed by atoms with Gasteiger partial charge in [0.25, 0.3) is 0 Å². The van der Waals surface area contributed by atoms with E-state index in [1.54, 1.807) is 23.5 Å². The van der Waals surface area contributed by atoms with Gasteiger partial charge in [0, 0.05) is 15.9 Å². The number of benzene rings is 1. The van der Waals surface area contributed by atoms with E-state index >= 15 is 0 Å². The molecule has 2 nitrogen and oxygen atoms in total. The van der Waals surface area contributed by atoms with E-state index in [9.17, 15) is 0 Å². The van der Waals surface area contributed by atoms with E-state index in [2.05, 4.69) is 31.9 Å². The van der Waals surface area contributed by atoms with Crippen LogP contribution in [0, 0.1) is 0 Å². The quantitative estimate of drug-likeness (QED) is 0.712. The van der Waals surface area contributed by atoms with Crippen molar-refractivity contribution < 1.29 is 4.74 Å². The standard InChI is InChI=1S/C13H12Br2ClNOS/c1-7(17)13(11-4-5-12(15)19-11)18-10-3-2-8(16)6-9(10)14/h2-7,13H,17H2,1H3. The molecule has 2 atom stereocenters. The van der Waals surface area contributed by atoms with Gasteiger partial charge in [-0.2, -0.15) is 0 Å². The van der Waals surface area contributed by atoms with Crippen LogP contribution in [0.2, 0.25) is 5.02 Å². The first-order chi connectivity index (χ1) is 8.97. The van der Waals surface area contributed by atoms with Gasteiger partial charge >= 0.3 is 0 Å². The molecule has 1 heterocycles. The van der Waals surface area contributed by atoms with Gasteiger partial charge in [0.05, 0.1) is 8.26 Å². The lowest BCUT2D eigenvalue weighted by atomic mass is 10.1. The summed E-state index contributed by atoms with van der Waals surface area (Å²) >= 11 is 14.4. The highest BCUT2D eigenvalue weighted by atomic mass is 79.9. The fraction of sp³-hybridized carbons (Fsp3) is 0.231. The predicted molar refractivity (Wildman–Crippen MR) is 88.2 cm³/mol. The molecule has 0 amide bonds. The summed E-state index contributed by atoms with van der Waals surface area (Å²) in [6, 6.07) is 9.34. The Morgan fingerprint density at radius 1 is 1.26 bits per heavy atom. The van der Waals surface area contributed by atoms with Crippen molar-refractivity contribution in [1.82, 2.24) is 0 Å². The van der Waals surface area contributed by atoms with E-state index < -0.39 is 0 Å². The molecule has 1 aromatic carbocycles. The van der Waals surface area contributed by atoms with Crippen LogP contribution in [0.15, 0.2) is 38.6 Å². The molecule has 0 saturated carbocycles. The summed E-state index contributed by atoms with van der Waals surface area (Å²) in [5.74, 6) is 0.733. The summed E-state index contributed by atoms with van der Waals surface area (Å²) in [7, 11) is 0. The van der Waals surface area contributed by atoms with Crippen LogP contribution < -0.4 is 10.5 Å². The summed E-state index contributed by atoms with van der Waals surface area (Å²) in [5.41, 5.74) is 6.03. The minimum absolute atomic E-state index is 0.117. The molecule has 0 radical (unpaired) electrons. The molecule has 19 heavy (non-hydrogen) atoms. The zero-order chi connectivity index (χ0) is 14.0. The first kappa shape index (κ1) is 15.3. The molecule has 1 aromatic heterocycles. The van der Waals surface area contributed by atoms with Crippen LogP contribution in [0.4, 0.5) is 0 Å². The molecule has 0 bridgehead atoms. The smallest absolute Gasteiger partial charge is 0.148 e. The van der Waals surface area contributed by atoms with Gasteiger partial charge in [-0.1, -0.05) is 11.6 Å². The van der Waals surface area contributed by atoms with Gasteiger partial charge in [0.2, 0.25) is 0 Å². The Morgan fingerprint density at radius 3 is 2.53 bits per heavy atom. The van der Waals surface area contributed by atoms with E-state index in [4.69, 9.17) is 22.1 Å². The summed E-state index contributed by atoms with van der Waals surface area (Å²) in [4.78, 5) is 1.09. The van der Waals surface area contributed by atoms with Crippen LogP contribution in [0.3, 0.4) is 0 Å². The Kier molecular flexibility index (Phi) is 5.31. The van der Waals surface area contributed by atoms with Crippen LogP contribution in [0.5, 0.6) is 5.75 Å². The molecule has 2 aromatic rings. The Morgan fingerprint density at radius 2 is 2.00 bits per heavy atom. The van der Waals surface area contributed by atoms with Crippen molar-refractivity contribution in [2.24, 2.45) is 5.73 Å². The second kappa shape index (κ2) is 6.59. The minimum Gasteiger partial charge on any atom is -0.482 e. The van der Waals surface area contributed by atoms with E-state index in [0.29, 0.717) is 5.02 Å². The zero-order valence-corrected chi connectivity index (χ0v) is 14.8. The van der Waals surface area contributed by atoms with Crippen molar-refractivity contribution in [3.8, 4) is 5.75 Å².